The molecule has 27 nitrogen and oxygen atoms in total. The van der Waals surface area contributed by atoms with Gasteiger partial charge in [-0.2, -0.15) is 0 Å². The molecule has 1 amide bonds. The molecule has 0 aliphatic carbocycles. The lowest BCUT2D eigenvalue weighted by Gasteiger charge is -2.37. The number of amides is 1. The molecular weight excluding hydrogens is 1110 g/mol. The van der Waals surface area contributed by atoms with Crippen LogP contribution in [0, 0.1) is 6.92 Å². The SMILES string of the molecule is C=C1N(C)C(=O)C(C)=CN1[C@H]1CC(N=[N+]=[N-])[C@@H](COC)O1.C=C1N=C(N(C)C)C=CN1[C@H]1CS[C@@H](COC)O1.C=C1N=C(N(CC)CC)C=CN1[C@H]1CS[C@@H](COCC)O1.CCOC[C@H]1O[C@@H](n2cc(C)c(=O)n(CC)c2=O)CC1N=[N+]=[N-]. The Bertz CT molecular complexity index is 2770. The third-order valence-corrected chi connectivity index (χ3v) is 16.0. The number of thioether (sulfide) groups is 2. The minimum absolute atomic E-state index is 0.00800. The van der Waals surface area contributed by atoms with Gasteiger partial charge in [0.05, 0.1) is 50.7 Å². The average molecular weight is 1200 g/mol. The van der Waals surface area contributed by atoms with Crippen LogP contribution in [0.5, 0.6) is 0 Å². The van der Waals surface area contributed by atoms with Gasteiger partial charge >= 0.3 is 5.69 Å². The molecule has 8 rings (SSSR count). The highest BCUT2D eigenvalue weighted by Gasteiger charge is 2.41. The maximum atomic E-state index is 12.5. The minimum Gasteiger partial charge on any atom is -0.382 e. The number of ether oxygens (including phenoxy) is 8. The number of nitrogens with zero attached hydrogens (tertiary/aromatic N) is 16. The lowest BCUT2D eigenvalue weighted by molar-refractivity contribution is -0.128. The van der Waals surface area contributed by atoms with E-state index in [1.165, 1.54) is 15.7 Å². The number of hydrogen-bond acceptors (Lipinski definition) is 22. The normalized spacial score (nSPS) is 26.4. The lowest BCUT2D eigenvalue weighted by atomic mass is 10.1. The van der Waals surface area contributed by atoms with Crippen molar-refractivity contribution in [3.05, 3.63) is 127 Å². The summed E-state index contributed by atoms with van der Waals surface area (Å²) >= 11 is 3.53. The number of carbonyl (C=O) groups excluding carboxylic acids is 1. The fraction of sp³-hybridized carbons (Fsp3) is 0.648. The molecule has 8 heterocycles. The zero-order chi connectivity index (χ0) is 60.9. The van der Waals surface area contributed by atoms with Crippen LogP contribution in [-0.2, 0) is 49.2 Å². The van der Waals surface area contributed by atoms with Gasteiger partial charge in [-0.25, -0.2) is 14.8 Å². The molecule has 458 valence electrons. The zero-order valence-corrected chi connectivity index (χ0v) is 51.6. The molecule has 2 unspecified atom stereocenters. The van der Waals surface area contributed by atoms with E-state index in [1.807, 2.05) is 67.2 Å². The van der Waals surface area contributed by atoms with Gasteiger partial charge < -0.3 is 62.4 Å². The van der Waals surface area contributed by atoms with E-state index in [9.17, 15) is 14.4 Å². The number of amidine groups is 2. The lowest BCUT2D eigenvalue weighted by Crippen LogP contribution is -2.43. The van der Waals surface area contributed by atoms with Crippen molar-refractivity contribution < 1.29 is 42.7 Å². The number of aliphatic imine (C=N–C) groups is 2. The van der Waals surface area contributed by atoms with Crippen molar-refractivity contribution in [1.82, 2.24) is 38.5 Å². The zero-order valence-electron chi connectivity index (χ0n) is 50.0. The van der Waals surface area contributed by atoms with Gasteiger partial charge in [0.1, 0.15) is 64.9 Å². The summed E-state index contributed by atoms with van der Waals surface area (Å²) in [6.07, 6.45) is 10.4. The van der Waals surface area contributed by atoms with Crippen LogP contribution in [0.15, 0.2) is 110 Å². The van der Waals surface area contributed by atoms with E-state index in [4.69, 9.17) is 49.0 Å². The fourth-order valence-corrected chi connectivity index (χ4v) is 11.4. The third kappa shape index (κ3) is 18.0. The Kier molecular flexibility index (Phi) is 27.3. The number of aryl methyl sites for hydroxylation is 1. The molecule has 0 aromatic carbocycles. The Morgan fingerprint density at radius 3 is 1.76 bits per heavy atom. The van der Waals surface area contributed by atoms with Crippen LogP contribution in [0.1, 0.15) is 66.2 Å². The van der Waals surface area contributed by atoms with Crippen molar-refractivity contribution in [2.45, 2.75) is 128 Å². The van der Waals surface area contributed by atoms with Crippen LogP contribution in [-0.4, -0.2) is 210 Å². The first-order chi connectivity index (χ1) is 39.8. The second kappa shape index (κ2) is 33.4. The molecule has 0 saturated carbocycles. The van der Waals surface area contributed by atoms with Crippen LogP contribution < -0.4 is 11.2 Å². The molecule has 29 heteroatoms. The monoisotopic (exact) mass is 1200 g/mol. The van der Waals surface area contributed by atoms with Crippen molar-refractivity contribution in [1.29, 1.82) is 0 Å². The molecular formula is C54H84N16O11S2. The second-order valence-electron chi connectivity index (χ2n) is 19.5. The van der Waals surface area contributed by atoms with E-state index in [0.717, 1.165) is 53.3 Å². The standard InChI is InChI=1S/C15H25N3O2S.C14H21N5O4.C13H19N5O3.C12H19N3O2S/c1-5-17(6-2)13-8-9-18(12(4)16-13)14-11-21-15(20-14)10-19-7-3;1-4-18-13(20)9(3)7-19(14(18)21)12-6-10(16-17-15)11(23-12)8-22-5-2;1-8-6-18(9(2)17(3)13(8)19)12-5-10(15-16-14)11(21-12)7-20-4;1-9-13-10(14(2)3)5-6-15(9)11-8-18-12(17-11)7-16-4/h8-9,14-15H,4-7,10-11H2,1-3H3;7,10-12H,4-6,8H2,1-3H3;6,10-12H,2,5,7H2,1,3-4H3;5-6,11-12H,1,7-8H2,2-4H3/t14-,15+;2*10?,11-,12-;11-,12+/m1111/s1. The third-order valence-electron chi connectivity index (χ3n) is 13.8. The Hall–Kier alpha value is -6.07. The molecule has 1 aromatic rings. The number of hydrogen-bond donors (Lipinski definition) is 0. The van der Waals surface area contributed by atoms with Gasteiger partial charge in [-0.1, -0.05) is 30.0 Å². The predicted molar refractivity (Wildman–Crippen MR) is 321 cm³/mol. The molecule has 83 heavy (non-hydrogen) atoms. The van der Waals surface area contributed by atoms with Crippen LogP contribution in [0.4, 0.5) is 0 Å². The average Bonchev–Trinajstić information content (AvgIpc) is 4.54. The van der Waals surface area contributed by atoms with Gasteiger partial charge in [0.15, 0.2) is 0 Å². The van der Waals surface area contributed by atoms with E-state index in [1.54, 1.807) is 76.7 Å². The molecule has 4 saturated heterocycles. The Labute approximate surface area is 495 Å². The van der Waals surface area contributed by atoms with Gasteiger partial charge in [0.2, 0.25) is 0 Å². The van der Waals surface area contributed by atoms with E-state index in [0.29, 0.717) is 62.0 Å². The van der Waals surface area contributed by atoms with Gasteiger partial charge in [0, 0.05) is 138 Å². The summed E-state index contributed by atoms with van der Waals surface area (Å²) in [4.78, 5) is 62.5. The van der Waals surface area contributed by atoms with Crippen molar-refractivity contribution >= 4 is 41.1 Å². The van der Waals surface area contributed by atoms with Crippen LogP contribution in [0.3, 0.4) is 0 Å². The van der Waals surface area contributed by atoms with Gasteiger partial charge in [-0.05, 0) is 71.7 Å². The van der Waals surface area contributed by atoms with Crippen molar-refractivity contribution in [2.75, 3.05) is 99.6 Å². The van der Waals surface area contributed by atoms with E-state index in [-0.39, 0.29) is 66.3 Å². The highest BCUT2D eigenvalue weighted by atomic mass is 32.2. The molecule has 10 atom stereocenters. The molecule has 0 bridgehead atoms. The maximum Gasteiger partial charge on any atom is 0.333 e. The first kappa shape index (κ1) is 67.7. The summed E-state index contributed by atoms with van der Waals surface area (Å²) < 4.78 is 47.1. The molecule has 4 fully saturated rings. The first-order valence-electron chi connectivity index (χ1n) is 27.6. The molecule has 7 aliphatic rings. The Morgan fingerprint density at radius 2 is 1.24 bits per heavy atom. The molecule has 0 N–H and O–H groups in total. The van der Waals surface area contributed by atoms with Gasteiger partial charge in [-0.3, -0.25) is 23.6 Å². The Morgan fingerprint density at radius 1 is 0.723 bits per heavy atom. The van der Waals surface area contributed by atoms with E-state index < -0.39 is 24.1 Å². The highest BCUT2D eigenvalue weighted by molar-refractivity contribution is 8.00. The molecule has 1 aromatic heterocycles. The summed E-state index contributed by atoms with van der Waals surface area (Å²) in [6.45, 7) is 30.5. The topological polar surface area (TPSA) is 277 Å². The first-order valence-corrected chi connectivity index (χ1v) is 29.7. The summed E-state index contributed by atoms with van der Waals surface area (Å²) in [7, 11) is 8.84. The number of carbonyl (C=O) groups is 1. The quantitative estimate of drug-likeness (QED) is 0.0791. The van der Waals surface area contributed by atoms with Crippen molar-refractivity contribution in [2.24, 2.45) is 20.2 Å². The number of methoxy groups -OCH3 is 2. The molecule has 7 aliphatic heterocycles. The summed E-state index contributed by atoms with van der Waals surface area (Å²) in [6, 6.07) is -0.713. The molecule has 0 radical (unpaired) electrons. The van der Waals surface area contributed by atoms with Crippen LogP contribution in [0.2, 0.25) is 0 Å². The number of azide groups is 2. The number of aromatic nitrogens is 2. The Balaban J connectivity index is 0.000000203. The summed E-state index contributed by atoms with van der Waals surface area (Å²) in [5.74, 6) is 5.56. The summed E-state index contributed by atoms with van der Waals surface area (Å²) in [5.41, 5.74) is 17.9. The van der Waals surface area contributed by atoms with E-state index in [2.05, 4.69) is 68.5 Å². The van der Waals surface area contributed by atoms with Gasteiger partial charge in [0.25, 0.3) is 11.5 Å². The smallest absolute Gasteiger partial charge is 0.333 e. The van der Waals surface area contributed by atoms with Gasteiger partial charge in [-0.15, -0.1) is 23.5 Å². The van der Waals surface area contributed by atoms with Crippen LogP contribution >= 0.6 is 23.5 Å². The largest absolute Gasteiger partial charge is 0.382 e. The number of rotatable bonds is 19. The molecule has 0 spiro atoms. The highest BCUT2D eigenvalue weighted by Crippen LogP contribution is 2.34. The maximum absolute atomic E-state index is 12.5. The van der Waals surface area contributed by atoms with E-state index >= 15 is 0 Å². The fourth-order valence-electron chi connectivity index (χ4n) is 9.35. The van der Waals surface area contributed by atoms with Crippen LogP contribution in [0.25, 0.3) is 20.9 Å². The second-order valence-corrected chi connectivity index (χ2v) is 21.9. The predicted octanol–water partition coefficient (Wildman–Crippen LogP) is 6.71. The van der Waals surface area contributed by atoms with Crippen molar-refractivity contribution in [3.63, 3.8) is 0 Å². The van der Waals surface area contributed by atoms with Crippen molar-refractivity contribution in [3.8, 4) is 0 Å². The minimum atomic E-state index is -0.583. The number of likely N-dealkylation sites (N-methyl/N-ethyl adjacent to an activating group) is 3. The summed E-state index contributed by atoms with van der Waals surface area (Å²) in [5, 5.41) is 7.50.